The number of para-hydroxylation sites is 1. The molecule has 4 rings (SSSR count). The van der Waals surface area contributed by atoms with Crippen LogP contribution in [0.15, 0.2) is 84.1 Å². The molecule has 4 aromatic rings. The third-order valence-corrected chi connectivity index (χ3v) is 5.69. The van der Waals surface area contributed by atoms with Crippen molar-refractivity contribution in [3.8, 4) is 0 Å². The lowest BCUT2D eigenvalue weighted by Gasteiger charge is -2.06. The molecule has 0 aliphatic rings. The standard InChI is InChI=1S/C19H15N3O3S/c23-19(21-16-4-2-1-3-5-16)15-9-11-22(13-15)26(24,25)17-6-7-18-14(12-17)8-10-20-18/h1-13,20H,(H,21,23). The predicted octanol–water partition coefficient (Wildman–Crippen LogP) is 3.46. The Morgan fingerprint density at radius 3 is 2.62 bits per heavy atom. The summed E-state index contributed by atoms with van der Waals surface area (Å²) in [5.41, 5.74) is 1.77. The van der Waals surface area contributed by atoms with Gasteiger partial charge in [0.15, 0.2) is 0 Å². The Bertz CT molecular complexity index is 1190. The van der Waals surface area contributed by atoms with Crippen molar-refractivity contribution >= 4 is 32.5 Å². The van der Waals surface area contributed by atoms with E-state index in [0.29, 0.717) is 5.69 Å². The number of H-pyrrole nitrogens is 1. The van der Waals surface area contributed by atoms with Crippen LogP contribution in [0.2, 0.25) is 0 Å². The number of benzene rings is 2. The Kier molecular flexibility index (Phi) is 3.85. The van der Waals surface area contributed by atoms with E-state index in [1.807, 2.05) is 24.3 Å². The van der Waals surface area contributed by atoms with Crippen LogP contribution in [0.5, 0.6) is 0 Å². The van der Waals surface area contributed by atoms with Gasteiger partial charge in [0.25, 0.3) is 15.9 Å². The average Bonchev–Trinajstić information content (AvgIpc) is 3.31. The zero-order valence-electron chi connectivity index (χ0n) is 13.6. The lowest BCUT2D eigenvalue weighted by molar-refractivity contribution is 0.102. The molecule has 0 spiro atoms. The van der Waals surface area contributed by atoms with Crippen molar-refractivity contribution in [3.05, 3.63) is 84.8 Å². The Hall–Kier alpha value is -3.32. The molecule has 0 aliphatic heterocycles. The van der Waals surface area contributed by atoms with E-state index < -0.39 is 10.0 Å². The summed E-state index contributed by atoms with van der Waals surface area (Å²) in [5.74, 6) is -0.369. The minimum atomic E-state index is -3.77. The highest BCUT2D eigenvalue weighted by molar-refractivity contribution is 7.90. The van der Waals surface area contributed by atoms with Crippen molar-refractivity contribution in [2.24, 2.45) is 0 Å². The summed E-state index contributed by atoms with van der Waals surface area (Å²) in [4.78, 5) is 15.5. The minimum Gasteiger partial charge on any atom is -0.361 e. The van der Waals surface area contributed by atoms with Gasteiger partial charge in [0.2, 0.25) is 0 Å². The Balaban J connectivity index is 1.63. The normalized spacial score (nSPS) is 11.5. The van der Waals surface area contributed by atoms with E-state index in [2.05, 4.69) is 10.3 Å². The number of anilines is 1. The quantitative estimate of drug-likeness (QED) is 0.581. The van der Waals surface area contributed by atoms with Crippen molar-refractivity contribution in [1.29, 1.82) is 0 Å². The molecule has 0 unspecified atom stereocenters. The SMILES string of the molecule is O=C(Nc1ccccc1)c1ccn(S(=O)(=O)c2ccc3[nH]ccc3c2)c1. The molecule has 0 radical (unpaired) electrons. The van der Waals surface area contributed by atoms with E-state index in [9.17, 15) is 13.2 Å². The summed E-state index contributed by atoms with van der Waals surface area (Å²) in [5, 5.41) is 3.54. The number of aromatic nitrogens is 2. The highest BCUT2D eigenvalue weighted by Crippen LogP contribution is 2.21. The van der Waals surface area contributed by atoms with Crippen LogP contribution in [-0.4, -0.2) is 23.3 Å². The second-order valence-electron chi connectivity index (χ2n) is 5.78. The van der Waals surface area contributed by atoms with Gasteiger partial charge in [0.05, 0.1) is 10.5 Å². The molecule has 0 bridgehead atoms. The van der Waals surface area contributed by atoms with Crippen LogP contribution in [-0.2, 0) is 10.0 Å². The van der Waals surface area contributed by atoms with Gasteiger partial charge >= 0.3 is 0 Å². The van der Waals surface area contributed by atoms with Gasteiger partial charge < -0.3 is 10.3 Å². The molecule has 0 fully saturated rings. The van der Waals surface area contributed by atoms with Crippen LogP contribution in [0.3, 0.4) is 0 Å². The fourth-order valence-corrected chi connectivity index (χ4v) is 3.93. The summed E-state index contributed by atoms with van der Waals surface area (Å²) in [6.45, 7) is 0. The number of fused-ring (bicyclic) bond motifs is 1. The number of amides is 1. The zero-order chi connectivity index (χ0) is 18.1. The van der Waals surface area contributed by atoms with E-state index in [-0.39, 0.29) is 16.4 Å². The van der Waals surface area contributed by atoms with Crippen LogP contribution in [0, 0.1) is 0 Å². The third kappa shape index (κ3) is 2.89. The molecule has 130 valence electrons. The van der Waals surface area contributed by atoms with E-state index in [4.69, 9.17) is 0 Å². The van der Waals surface area contributed by atoms with Gasteiger partial charge in [-0.15, -0.1) is 0 Å². The minimum absolute atomic E-state index is 0.162. The maximum atomic E-state index is 12.8. The first-order valence-electron chi connectivity index (χ1n) is 7.91. The molecule has 0 saturated heterocycles. The maximum absolute atomic E-state index is 12.8. The first-order valence-corrected chi connectivity index (χ1v) is 9.35. The second kappa shape index (κ2) is 6.20. The van der Waals surface area contributed by atoms with Crippen molar-refractivity contribution < 1.29 is 13.2 Å². The van der Waals surface area contributed by atoms with Crippen molar-refractivity contribution in [2.75, 3.05) is 5.32 Å². The van der Waals surface area contributed by atoms with Gasteiger partial charge in [-0.05, 0) is 42.5 Å². The first-order chi connectivity index (χ1) is 12.5. The first kappa shape index (κ1) is 16.2. The Morgan fingerprint density at radius 2 is 1.81 bits per heavy atom. The van der Waals surface area contributed by atoms with Gasteiger partial charge in [0, 0.05) is 35.2 Å². The van der Waals surface area contributed by atoms with Crippen molar-refractivity contribution in [1.82, 2.24) is 8.96 Å². The van der Waals surface area contributed by atoms with Crippen LogP contribution < -0.4 is 5.32 Å². The molecular formula is C19H15N3O3S. The molecule has 2 heterocycles. The number of nitrogens with zero attached hydrogens (tertiary/aromatic N) is 1. The lowest BCUT2D eigenvalue weighted by Crippen LogP contribution is -2.13. The van der Waals surface area contributed by atoms with Gasteiger partial charge in [-0.1, -0.05) is 18.2 Å². The highest BCUT2D eigenvalue weighted by atomic mass is 32.2. The topological polar surface area (TPSA) is 84.0 Å². The number of carbonyl (C=O) groups excluding carboxylic acids is 1. The molecule has 0 saturated carbocycles. The van der Waals surface area contributed by atoms with Gasteiger partial charge in [-0.2, -0.15) is 0 Å². The molecule has 0 atom stereocenters. The van der Waals surface area contributed by atoms with E-state index in [1.165, 1.54) is 24.5 Å². The number of rotatable bonds is 4. The van der Waals surface area contributed by atoms with Crippen LogP contribution >= 0.6 is 0 Å². The summed E-state index contributed by atoms with van der Waals surface area (Å²) in [7, 11) is -3.77. The summed E-state index contributed by atoms with van der Waals surface area (Å²) < 4.78 is 26.7. The van der Waals surface area contributed by atoms with Crippen LogP contribution in [0.1, 0.15) is 10.4 Å². The fraction of sp³-hybridized carbons (Fsp3) is 0. The molecule has 1 amide bonds. The predicted molar refractivity (Wildman–Crippen MR) is 99.7 cm³/mol. The zero-order valence-corrected chi connectivity index (χ0v) is 14.4. The molecular weight excluding hydrogens is 350 g/mol. The number of nitrogens with one attached hydrogen (secondary N) is 2. The highest BCUT2D eigenvalue weighted by Gasteiger charge is 2.19. The maximum Gasteiger partial charge on any atom is 0.267 e. The summed E-state index contributed by atoms with van der Waals surface area (Å²) in [6, 6.07) is 17.1. The van der Waals surface area contributed by atoms with E-state index >= 15 is 0 Å². The molecule has 2 N–H and O–H groups in total. The number of aromatic amines is 1. The molecule has 2 aromatic heterocycles. The summed E-state index contributed by atoms with van der Waals surface area (Å²) >= 11 is 0. The Morgan fingerprint density at radius 1 is 1.00 bits per heavy atom. The second-order valence-corrected chi connectivity index (χ2v) is 7.63. The molecule has 6 nitrogen and oxygen atoms in total. The van der Waals surface area contributed by atoms with E-state index in [1.54, 1.807) is 30.5 Å². The molecule has 26 heavy (non-hydrogen) atoms. The lowest BCUT2D eigenvalue weighted by atomic mass is 10.2. The number of hydrogen-bond donors (Lipinski definition) is 2. The van der Waals surface area contributed by atoms with Gasteiger partial charge in [0.1, 0.15) is 0 Å². The Labute approximate surface area is 150 Å². The molecule has 0 aliphatic carbocycles. The smallest absolute Gasteiger partial charge is 0.267 e. The van der Waals surface area contributed by atoms with Gasteiger partial charge in [-0.3, -0.25) is 4.79 Å². The van der Waals surface area contributed by atoms with Crippen molar-refractivity contribution in [3.63, 3.8) is 0 Å². The monoisotopic (exact) mass is 365 g/mol. The molecule has 7 heteroatoms. The van der Waals surface area contributed by atoms with Crippen LogP contribution in [0.4, 0.5) is 5.69 Å². The van der Waals surface area contributed by atoms with Gasteiger partial charge in [-0.25, -0.2) is 12.4 Å². The third-order valence-electron chi connectivity index (χ3n) is 4.06. The average molecular weight is 365 g/mol. The van der Waals surface area contributed by atoms with E-state index in [0.717, 1.165) is 14.9 Å². The number of hydrogen-bond acceptors (Lipinski definition) is 3. The summed E-state index contributed by atoms with van der Waals surface area (Å²) in [6.07, 6.45) is 4.44. The number of carbonyl (C=O) groups is 1. The largest absolute Gasteiger partial charge is 0.361 e. The fourth-order valence-electron chi connectivity index (χ4n) is 2.70. The van der Waals surface area contributed by atoms with Crippen LogP contribution in [0.25, 0.3) is 10.9 Å². The van der Waals surface area contributed by atoms with Crippen molar-refractivity contribution in [2.45, 2.75) is 4.90 Å². The molecule has 2 aromatic carbocycles.